The number of carbonyl (C=O) groups is 2. The van der Waals surface area contributed by atoms with Gasteiger partial charge in [-0.25, -0.2) is 0 Å². The molecule has 0 bridgehead atoms. The molecule has 0 saturated heterocycles. The first-order valence-electron chi connectivity index (χ1n) is 10.4. The largest absolute Gasteiger partial charge is 0.376 e. The number of carbonyl (C=O) groups excluding carboxylic acids is 2. The summed E-state index contributed by atoms with van der Waals surface area (Å²) in [7, 11) is 0. The van der Waals surface area contributed by atoms with E-state index in [-0.39, 0.29) is 34.3 Å². The van der Waals surface area contributed by atoms with Crippen LogP contribution in [0, 0.1) is 5.41 Å². The van der Waals surface area contributed by atoms with E-state index >= 15 is 0 Å². The first-order chi connectivity index (χ1) is 12.2. The van der Waals surface area contributed by atoms with Crippen molar-refractivity contribution >= 4 is 11.7 Å². The van der Waals surface area contributed by atoms with Gasteiger partial charge in [0.2, 0.25) is 5.91 Å². The van der Waals surface area contributed by atoms with Crippen LogP contribution in [0.3, 0.4) is 0 Å². The summed E-state index contributed by atoms with van der Waals surface area (Å²) in [4.78, 5) is 24.7. The van der Waals surface area contributed by atoms with Gasteiger partial charge in [-0.05, 0) is 67.2 Å². The van der Waals surface area contributed by atoms with Crippen molar-refractivity contribution in [3.8, 4) is 0 Å². The van der Waals surface area contributed by atoms with Gasteiger partial charge in [0, 0.05) is 30.5 Å². The second-order valence-corrected chi connectivity index (χ2v) is 10.1. The molecule has 0 aliphatic carbocycles. The molecular formula is C22H44N2O3. The van der Waals surface area contributed by atoms with E-state index in [0.29, 0.717) is 26.0 Å². The fourth-order valence-corrected chi connectivity index (χ4v) is 2.98. The third kappa shape index (κ3) is 13.0. The molecule has 0 saturated carbocycles. The lowest BCUT2D eigenvalue weighted by molar-refractivity contribution is -0.129. The summed E-state index contributed by atoms with van der Waals surface area (Å²) in [5, 5.41) is 6.44. The van der Waals surface area contributed by atoms with E-state index in [2.05, 4.69) is 31.4 Å². The highest BCUT2D eigenvalue weighted by Gasteiger charge is 2.31. The molecule has 0 unspecified atom stereocenters. The standard InChI is InChI=1S/C22H44N2O3/c1-10-27-22(8,9)15-14-18(25)23-16-12-11-13-17(24-21(5,6)7)19(26)20(2,3)4/h17,24H,10-16H2,1-9H3,(H,23,25)/t17-/m0/s1. The van der Waals surface area contributed by atoms with Crippen molar-refractivity contribution in [1.29, 1.82) is 0 Å². The Labute approximate surface area is 167 Å². The fraction of sp³-hybridized carbons (Fsp3) is 0.909. The number of rotatable bonds is 12. The first-order valence-corrected chi connectivity index (χ1v) is 10.4. The molecule has 0 radical (unpaired) electrons. The van der Waals surface area contributed by atoms with E-state index in [4.69, 9.17) is 4.74 Å². The third-order valence-electron chi connectivity index (χ3n) is 4.39. The molecule has 1 atom stereocenters. The molecule has 5 nitrogen and oxygen atoms in total. The molecule has 2 N–H and O–H groups in total. The van der Waals surface area contributed by atoms with Gasteiger partial charge >= 0.3 is 0 Å². The molecule has 0 aromatic heterocycles. The Balaban J connectivity index is 4.27. The lowest BCUT2D eigenvalue weighted by Gasteiger charge is -2.32. The zero-order chi connectivity index (χ0) is 21.3. The van der Waals surface area contributed by atoms with Crippen molar-refractivity contribution in [2.75, 3.05) is 13.2 Å². The molecule has 0 aliphatic rings. The Bertz CT molecular complexity index is 459. The summed E-state index contributed by atoms with van der Waals surface area (Å²) in [6.45, 7) is 19.5. The van der Waals surface area contributed by atoms with E-state index in [0.717, 1.165) is 19.3 Å². The normalized spacial score (nSPS) is 14.1. The van der Waals surface area contributed by atoms with E-state index in [1.54, 1.807) is 0 Å². The van der Waals surface area contributed by atoms with Crippen molar-refractivity contribution in [2.24, 2.45) is 5.41 Å². The molecule has 0 rings (SSSR count). The SMILES string of the molecule is CCOC(C)(C)CCC(=O)NCCCC[C@H](NC(C)(C)C)C(=O)C(C)(C)C. The van der Waals surface area contributed by atoms with Crippen LogP contribution in [0.4, 0.5) is 0 Å². The first kappa shape index (κ1) is 26.1. The minimum atomic E-state index is -0.357. The third-order valence-corrected chi connectivity index (χ3v) is 4.39. The number of hydrogen-bond acceptors (Lipinski definition) is 4. The summed E-state index contributed by atoms with van der Waals surface area (Å²) in [6.07, 6.45) is 3.76. The zero-order valence-electron chi connectivity index (χ0n) is 19.3. The van der Waals surface area contributed by atoms with Crippen LogP contribution in [-0.4, -0.2) is 42.0 Å². The van der Waals surface area contributed by atoms with Crippen molar-refractivity contribution in [1.82, 2.24) is 10.6 Å². The number of amides is 1. The summed E-state index contributed by atoms with van der Waals surface area (Å²) in [5.74, 6) is 0.317. The van der Waals surface area contributed by atoms with Gasteiger partial charge in [0.15, 0.2) is 5.78 Å². The number of hydrogen-bond donors (Lipinski definition) is 2. The quantitative estimate of drug-likeness (QED) is 0.494. The minimum absolute atomic E-state index is 0.0675. The average Bonchev–Trinajstić information content (AvgIpc) is 2.48. The van der Waals surface area contributed by atoms with Crippen molar-refractivity contribution in [2.45, 2.75) is 112 Å². The average molecular weight is 385 g/mol. The van der Waals surface area contributed by atoms with Gasteiger partial charge in [-0.15, -0.1) is 0 Å². The number of unbranched alkanes of at least 4 members (excludes halogenated alkanes) is 1. The van der Waals surface area contributed by atoms with E-state index in [9.17, 15) is 9.59 Å². The van der Waals surface area contributed by atoms with Gasteiger partial charge < -0.3 is 15.4 Å². The Morgan fingerprint density at radius 1 is 0.963 bits per heavy atom. The van der Waals surface area contributed by atoms with Crippen LogP contribution in [-0.2, 0) is 14.3 Å². The molecule has 0 spiro atoms. The predicted molar refractivity (Wildman–Crippen MR) is 113 cm³/mol. The van der Waals surface area contributed by atoms with Gasteiger partial charge in [-0.1, -0.05) is 20.8 Å². The second kappa shape index (κ2) is 11.2. The number of Topliss-reactive ketones (excluding diaryl/α,β-unsaturated/α-hetero) is 1. The second-order valence-electron chi connectivity index (χ2n) is 10.1. The Hall–Kier alpha value is -0.940. The van der Waals surface area contributed by atoms with Crippen molar-refractivity contribution in [3.05, 3.63) is 0 Å². The topological polar surface area (TPSA) is 67.4 Å². The smallest absolute Gasteiger partial charge is 0.220 e. The lowest BCUT2D eigenvalue weighted by atomic mass is 9.84. The molecule has 0 aromatic rings. The monoisotopic (exact) mass is 384 g/mol. The van der Waals surface area contributed by atoms with Gasteiger partial charge in [-0.2, -0.15) is 0 Å². The lowest BCUT2D eigenvalue weighted by Crippen LogP contribution is -2.50. The van der Waals surface area contributed by atoms with Crippen LogP contribution in [0.15, 0.2) is 0 Å². The van der Waals surface area contributed by atoms with E-state index < -0.39 is 0 Å². The molecule has 0 aliphatic heterocycles. The van der Waals surface area contributed by atoms with Crippen LogP contribution >= 0.6 is 0 Å². The maximum atomic E-state index is 12.7. The van der Waals surface area contributed by atoms with Crippen LogP contribution < -0.4 is 10.6 Å². The maximum absolute atomic E-state index is 12.7. The van der Waals surface area contributed by atoms with E-state index in [1.807, 2.05) is 41.5 Å². The summed E-state index contributed by atoms with van der Waals surface area (Å²) in [6, 6.07) is -0.146. The fourth-order valence-electron chi connectivity index (χ4n) is 2.98. The molecule has 0 heterocycles. The molecule has 27 heavy (non-hydrogen) atoms. The molecule has 0 aromatic carbocycles. The Morgan fingerprint density at radius 3 is 2.04 bits per heavy atom. The molecular weight excluding hydrogens is 340 g/mol. The number of ketones is 1. The Morgan fingerprint density at radius 2 is 1.56 bits per heavy atom. The molecule has 1 amide bonds. The zero-order valence-corrected chi connectivity index (χ0v) is 19.3. The summed E-state index contributed by atoms with van der Waals surface area (Å²) >= 11 is 0. The summed E-state index contributed by atoms with van der Waals surface area (Å²) < 4.78 is 5.62. The number of nitrogens with one attached hydrogen (secondary N) is 2. The van der Waals surface area contributed by atoms with Gasteiger partial charge in [-0.3, -0.25) is 9.59 Å². The summed E-state index contributed by atoms with van der Waals surface area (Å²) in [5.41, 5.74) is -0.719. The highest BCUT2D eigenvalue weighted by Crippen LogP contribution is 2.21. The highest BCUT2D eigenvalue weighted by molar-refractivity contribution is 5.88. The highest BCUT2D eigenvalue weighted by atomic mass is 16.5. The maximum Gasteiger partial charge on any atom is 0.220 e. The van der Waals surface area contributed by atoms with Crippen LogP contribution in [0.2, 0.25) is 0 Å². The van der Waals surface area contributed by atoms with E-state index in [1.165, 1.54) is 0 Å². The van der Waals surface area contributed by atoms with Gasteiger partial charge in [0.25, 0.3) is 0 Å². The van der Waals surface area contributed by atoms with Gasteiger partial charge in [0.1, 0.15) is 0 Å². The van der Waals surface area contributed by atoms with Crippen molar-refractivity contribution in [3.63, 3.8) is 0 Å². The van der Waals surface area contributed by atoms with Crippen molar-refractivity contribution < 1.29 is 14.3 Å². The van der Waals surface area contributed by atoms with Crippen LogP contribution in [0.5, 0.6) is 0 Å². The number of ether oxygens (including phenoxy) is 1. The van der Waals surface area contributed by atoms with Crippen LogP contribution in [0.25, 0.3) is 0 Å². The minimum Gasteiger partial charge on any atom is -0.376 e. The molecule has 160 valence electrons. The Kier molecular flexibility index (Phi) is 10.8. The molecule has 5 heteroatoms. The van der Waals surface area contributed by atoms with Crippen LogP contribution in [0.1, 0.15) is 94.4 Å². The molecule has 0 fully saturated rings. The van der Waals surface area contributed by atoms with Gasteiger partial charge in [0.05, 0.1) is 11.6 Å². The predicted octanol–water partition coefficient (Wildman–Crippen LogP) is 4.24.